The van der Waals surface area contributed by atoms with Crippen LogP contribution in [0.4, 0.5) is 11.4 Å². The van der Waals surface area contributed by atoms with Gasteiger partial charge in [0.05, 0.1) is 24.1 Å². The Labute approximate surface area is 147 Å². The van der Waals surface area contributed by atoms with Crippen LogP contribution in [0.15, 0.2) is 41.0 Å². The molecule has 2 amide bonds. The van der Waals surface area contributed by atoms with Crippen molar-refractivity contribution in [3.63, 3.8) is 0 Å². The van der Waals surface area contributed by atoms with Gasteiger partial charge in [0.1, 0.15) is 5.76 Å². The molecule has 0 spiro atoms. The van der Waals surface area contributed by atoms with Crippen LogP contribution in [0.2, 0.25) is 0 Å². The lowest BCUT2D eigenvalue weighted by Crippen LogP contribution is -2.32. The van der Waals surface area contributed by atoms with E-state index in [4.69, 9.17) is 4.42 Å². The fourth-order valence-electron chi connectivity index (χ4n) is 3.08. The van der Waals surface area contributed by atoms with Crippen molar-refractivity contribution in [2.45, 2.75) is 32.7 Å². The Morgan fingerprint density at radius 3 is 2.64 bits per heavy atom. The van der Waals surface area contributed by atoms with Gasteiger partial charge in [0, 0.05) is 25.7 Å². The van der Waals surface area contributed by atoms with E-state index in [1.807, 2.05) is 12.1 Å². The summed E-state index contributed by atoms with van der Waals surface area (Å²) in [7, 11) is 0. The number of benzene rings is 1. The van der Waals surface area contributed by atoms with Gasteiger partial charge in [0.15, 0.2) is 0 Å². The zero-order valence-corrected chi connectivity index (χ0v) is 14.4. The number of rotatable bonds is 5. The van der Waals surface area contributed by atoms with Gasteiger partial charge in [-0.3, -0.25) is 9.59 Å². The molecule has 1 aliphatic heterocycles. The molecule has 1 saturated heterocycles. The van der Waals surface area contributed by atoms with Crippen LogP contribution in [0.1, 0.15) is 42.3 Å². The second-order valence-corrected chi connectivity index (χ2v) is 6.22. The Hall–Kier alpha value is -2.76. The second-order valence-electron chi connectivity index (χ2n) is 6.22. The molecule has 1 aliphatic rings. The third kappa shape index (κ3) is 4.41. The van der Waals surface area contributed by atoms with Crippen LogP contribution in [0.25, 0.3) is 0 Å². The lowest BCUT2D eigenvalue weighted by atomic mass is 10.1. The fraction of sp³-hybridized carbons (Fsp3) is 0.368. The third-order valence-electron chi connectivity index (χ3n) is 4.26. The first-order valence-corrected chi connectivity index (χ1v) is 8.60. The minimum atomic E-state index is -0.147. The smallest absolute Gasteiger partial charge is 0.253 e. The van der Waals surface area contributed by atoms with Crippen LogP contribution in [-0.2, 0) is 11.3 Å². The van der Waals surface area contributed by atoms with E-state index < -0.39 is 0 Å². The molecular weight excluding hydrogens is 318 g/mol. The topological polar surface area (TPSA) is 74.6 Å². The number of nitrogens with one attached hydrogen (secondary N) is 2. The molecule has 3 rings (SSSR count). The van der Waals surface area contributed by atoms with Gasteiger partial charge in [0.25, 0.3) is 5.91 Å². The Kier molecular flexibility index (Phi) is 5.38. The molecule has 132 valence electrons. The van der Waals surface area contributed by atoms with Gasteiger partial charge >= 0.3 is 0 Å². The highest BCUT2D eigenvalue weighted by molar-refractivity contribution is 6.01. The highest BCUT2D eigenvalue weighted by atomic mass is 16.3. The van der Waals surface area contributed by atoms with Crippen molar-refractivity contribution in [2.24, 2.45) is 0 Å². The average molecular weight is 341 g/mol. The molecule has 25 heavy (non-hydrogen) atoms. The Morgan fingerprint density at radius 1 is 1.16 bits per heavy atom. The maximum Gasteiger partial charge on any atom is 0.253 e. The number of nitrogens with zero attached hydrogens (tertiary/aromatic N) is 1. The lowest BCUT2D eigenvalue weighted by Gasteiger charge is -2.30. The Morgan fingerprint density at radius 2 is 1.96 bits per heavy atom. The molecule has 1 aromatic heterocycles. The zero-order chi connectivity index (χ0) is 17.6. The van der Waals surface area contributed by atoms with E-state index in [-0.39, 0.29) is 11.8 Å². The Balaban J connectivity index is 1.82. The molecule has 0 saturated carbocycles. The minimum Gasteiger partial charge on any atom is -0.467 e. The van der Waals surface area contributed by atoms with Crippen LogP contribution < -0.4 is 15.5 Å². The Bertz CT molecular complexity index is 734. The summed E-state index contributed by atoms with van der Waals surface area (Å²) in [5, 5.41) is 5.69. The van der Waals surface area contributed by atoms with Crippen molar-refractivity contribution in [3.8, 4) is 0 Å². The quantitative estimate of drug-likeness (QED) is 0.876. The van der Waals surface area contributed by atoms with Crippen molar-refractivity contribution in [2.75, 3.05) is 23.3 Å². The van der Waals surface area contributed by atoms with Crippen LogP contribution in [0.3, 0.4) is 0 Å². The van der Waals surface area contributed by atoms with Crippen LogP contribution in [0, 0.1) is 0 Å². The number of furan rings is 1. The minimum absolute atomic E-state index is 0.125. The van der Waals surface area contributed by atoms with E-state index >= 15 is 0 Å². The SMILES string of the molecule is CC(=O)Nc1ccc(C(=O)NCc2ccco2)c(N2CCCCC2)c1. The number of amides is 2. The number of carbonyl (C=O) groups excluding carboxylic acids is 2. The van der Waals surface area contributed by atoms with Gasteiger partial charge in [-0.15, -0.1) is 0 Å². The van der Waals surface area contributed by atoms with Gasteiger partial charge in [-0.25, -0.2) is 0 Å². The first-order valence-electron chi connectivity index (χ1n) is 8.60. The molecule has 6 nitrogen and oxygen atoms in total. The zero-order valence-electron chi connectivity index (χ0n) is 14.4. The van der Waals surface area contributed by atoms with Crippen molar-refractivity contribution in [3.05, 3.63) is 47.9 Å². The van der Waals surface area contributed by atoms with Crippen LogP contribution in [0.5, 0.6) is 0 Å². The molecule has 1 fully saturated rings. The highest BCUT2D eigenvalue weighted by Crippen LogP contribution is 2.28. The van der Waals surface area contributed by atoms with E-state index in [2.05, 4.69) is 15.5 Å². The van der Waals surface area contributed by atoms with E-state index in [1.165, 1.54) is 13.3 Å². The van der Waals surface area contributed by atoms with Gasteiger partial charge in [-0.2, -0.15) is 0 Å². The summed E-state index contributed by atoms with van der Waals surface area (Å²) in [6.07, 6.45) is 5.01. The predicted molar refractivity (Wildman–Crippen MR) is 96.7 cm³/mol. The van der Waals surface area contributed by atoms with Gasteiger partial charge in [-0.05, 0) is 49.6 Å². The molecule has 0 bridgehead atoms. The van der Waals surface area contributed by atoms with Crippen LogP contribution >= 0.6 is 0 Å². The third-order valence-corrected chi connectivity index (χ3v) is 4.26. The number of anilines is 2. The van der Waals surface area contributed by atoms with E-state index in [1.54, 1.807) is 24.5 Å². The molecule has 2 heterocycles. The van der Waals surface area contributed by atoms with Crippen molar-refractivity contribution in [1.82, 2.24) is 5.32 Å². The van der Waals surface area contributed by atoms with Gasteiger partial charge < -0.3 is 20.0 Å². The molecule has 0 unspecified atom stereocenters. The van der Waals surface area contributed by atoms with Crippen LogP contribution in [-0.4, -0.2) is 24.9 Å². The summed E-state index contributed by atoms with van der Waals surface area (Å²) >= 11 is 0. The number of hydrogen-bond acceptors (Lipinski definition) is 4. The second kappa shape index (κ2) is 7.88. The van der Waals surface area contributed by atoms with Gasteiger partial charge in [0.2, 0.25) is 5.91 Å². The molecule has 1 aromatic carbocycles. The maximum absolute atomic E-state index is 12.7. The average Bonchev–Trinajstić information content (AvgIpc) is 3.13. The molecule has 0 atom stereocenters. The lowest BCUT2D eigenvalue weighted by molar-refractivity contribution is -0.114. The van der Waals surface area contributed by atoms with Crippen molar-refractivity contribution >= 4 is 23.2 Å². The summed E-state index contributed by atoms with van der Waals surface area (Å²) in [6.45, 7) is 3.66. The van der Waals surface area contributed by atoms with Crippen molar-refractivity contribution < 1.29 is 14.0 Å². The largest absolute Gasteiger partial charge is 0.467 e. The molecular formula is C19H23N3O3. The van der Waals surface area contributed by atoms with E-state index in [9.17, 15) is 9.59 Å². The fourth-order valence-corrected chi connectivity index (χ4v) is 3.08. The highest BCUT2D eigenvalue weighted by Gasteiger charge is 2.19. The molecule has 0 aliphatic carbocycles. The van der Waals surface area contributed by atoms with E-state index in [0.29, 0.717) is 23.6 Å². The summed E-state index contributed by atoms with van der Waals surface area (Å²) in [5.41, 5.74) is 2.18. The summed E-state index contributed by atoms with van der Waals surface area (Å²) < 4.78 is 5.26. The van der Waals surface area contributed by atoms with Gasteiger partial charge in [-0.1, -0.05) is 0 Å². The summed E-state index contributed by atoms with van der Waals surface area (Å²) in [5.74, 6) is 0.439. The molecule has 2 N–H and O–H groups in total. The number of hydrogen-bond donors (Lipinski definition) is 2. The maximum atomic E-state index is 12.7. The first-order chi connectivity index (χ1) is 12.1. The molecule has 0 radical (unpaired) electrons. The summed E-state index contributed by atoms with van der Waals surface area (Å²) in [6, 6.07) is 9.03. The summed E-state index contributed by atoms with van der Waals surface area (Å²) in [4.78, 5) is 26.2. The first kappa shape index (κ1) is 17.1. The normalized spacial score (nSPS) is 14.2. The standard InChI is InChI=1S/C19H23N3O3/c1-14(23)21-15-7-8-17(18(12-15)22-9-3-2-4-10-22)19(24)20-13-16-6-5-11-25-16/h5-8,11-12H,2-4,9-10,13H2,1H3,(H,20,24)(H,21,23). The van der Waals surface area contributed by atoms with Crippen molar-refractivity contribution in [1.29, 1.82) is 0 Å². The molecule has 6 heteroatoms. The number of carbonyl (C=O) groups is 2. The number of piperidine rings is 1. The monoisotopic (exact) mass is 341 g/mol. The molecule has 2 aromatic rings. The van der Waals surface area contributed by atoms with E-state index in [0.717, 1.165) is 31.6 Å². The predicted octanol–water partition coefficient (Wildman–Crippen LogP) is 3.16.